The van der Waals surface area contributed by atoms with Crippen molar-refractivity contribution in [3.05, 3.63) is 0 Å². The summed E-state index contributed by atoms with van der Waals surface area (Å²) in [7, 11) is 0. The number of rotatable bonds is 3. The van der Waals surface area contributed by atoms with Gasteiger partial charge in [-0.1, -0.05) is 13.8 Å². The summed E-state index contributed by atoms with van der Waals surface area (Å²) in [5.74, 6) is 0.425. The number of hydrogen-bond donors (Lipinski definition) is 2. The quantitative estimate of drug-likeness (QED) is 0.840. The molecule has 1 fully saturated rings. The van der Waals surface area contributed by atoms with Crippen LogP contribution in [-0.2, 0) is 4.74 Å². The highest BCUT2D eigenvalue weighted by Gasteiger charge is 2.26. The summed E-state index contributed by atoms with van der Waals surface area (Å²) < 4.78 is 5.25. The lowest BCUT2D eigenvalue weighted by Crippen LogP contribution is -2.53. The van der Waals surface area contributed by atoms with Crippen LogP contribution in [0.1, 0.15) is 47.5 Å². The fourth-order valence-corrected chi connectivity index (χ4v) is 2.16. The fraction of sp³-hybridized carbons (Fsp3) is 0.867. The maximum Gasteiger partial charge on any atom is 0.407 e. The second-order valence-electron chi connectivity index (χ2n) is 7.01. The fourth-order valence-electron chi connectivity index (χ4n) is 2.16. The van der Waals surface area contributed by atoms with Gasteiger partial charge in [-0.15, -0.1) is 0 Å². The van der Waals surface area contributed by atoms with Gasteiger partial charge in [0.05, 0.1) is 0 Å². The zero-order valence-corrected chi connectivity index (χ0v) is 13.9. The largest absolute Gasteiger partial charge is 0.444 e. The minimum Gasteiger partial charge on any atom is -0.444 e. The molecule has 21 heavy (non-hydrogen) atoms. The van der Waals surface area contributed by atoms with Gasteiger partial charge in [-0.05, 0) is 39.5 Å². The van der Waals surface area contributed by atoms with Crippen molar-refractivity contribution in [3.8, 4) is 0 Å². The van der Waals surface area contributed by atoms with E-state index in [1.54, 1.807) is 4.90 Å². The molecule has 122 valence electrons. The Bertz CT molecular complexity index is 364. The van der Waals surface area contributed by atoms with Gasteiger partial charge in [-0.2, -0.15) is 0 Å². The van der Waals surface area contributed by atoms with Gasteiger partial charge in [0, 0.05) is 25.7 Å². The highest BCUT2D eigenvalue weighted by molar-refractivity contribution is 5.74. The van der Waals surface area contributed by atoms with Gasteiger partial charge >= 0.3 is 12.1 Å². The second-order valence-corrected chi connectivity index (χ2v) is 7.01. The monoisotopic (exact) mass is 299 g/mol. The maximum atomic E-state index is 12.0. The van der Waals surface area contributed by atoms with Crippen molar-refractivity contribution in [1.82, 2.24) is 15.5 Å². The molecule has 0 radical (unpaired) electrons. The molecule has 0 unspecified atom stereocenters. The first-order valence-electron chi connectivity index (χ1n) is 7.69. The van der Waals surface area contributed by atoms with Crippen LogP contribution in [0.5, 0.6) is 0 Å². The van der Waals surface area contributed by atoms with E-state index < -0.39 is 11.7 Å². The molecule has 0 aromatic rings. The molecule has 1 atom stereocenters. The number of ether oxygens (including phenoxy) is 1. The zero-order valence-electron chi connectivity index (χ0n) is 13.9. The Labute approximate surface area is 127 Å². The predicted molar refractivity (Wildman–Crippen MR) is 82.2 cm³/mol. The number of nitrogens with one attached hydrogen (secondary N) is 2. The molecule has 1 saturated heterocycles. The van der Waals surface area contributed by atoms with Gasteiger partial charge in [-0.3, -0.25) is 0 Å². The summed E-state index contributed by atoms with van der Waals surface area (Å²) in [5.41, 5.74) is -0.507. The molecule has 6 heteroatoms. The minimum atomic E-state index is -0.507. The van der Waals surface area contributed by atoms with E-state index in [4.69, 9.17) is 4.74 Å². The Morgan fingerprint density at radius 3 is 2.57 bits per heavy atom. The lowest BCUT2D eigenvalue weighted by atomic mass is 10.1. The second kappa shape index (κ2) is 7.52. The number of carbonyl (C=O) groups is 2. The molecule has 3 amide bonds. The maximum absolute atomic E-state index is 12.0. The zero-order chi connectivity index (χ0) is 16.0. The number of amides is 3. The van der Waals surface area contributed by atoms with Crippen LogP contribution in [0.25, 0.3) is 0 Å². The lowest BCUT2D eigenvalue weighted by Gasteiger charge is -2.33. The topological polar surface area (TPSA) is 70.7 Å². The van der Waals surface area contributed by atoms with Gasteiger partial charge in [0.15, 0.2) is 0 Å². The third kappa shape index (κ3) is 7.20. The van der Waals surface area contributed by atoms with Crippen molar-refractivity contribution >= 4 is 12.1 Å². The molecule has 1 aliphatic rings. The van der Waals surface area contributed by atoms with Crippen molar-refractivity contribution in [2.75, 3.05) is 19.6 Å². The first-order chi connectivity index (χ1) is 9.67. The molecule has 0 aliphatic carbocycles. The van der Waals surface area contributed by atoms with E-state index in [1.165, 1.54) is 0 Å². The summed E-state index contributed by atoms with van der Waals surface area (Å²) >= 11 is 0. The van der Waals surface area contributed by atoms with Crippen LogP contribution < -0.4 is 10.6 Å². The summed E-state index contributed by atoms with van der Waals surface area (Å²) in [4.78, 5) is 25.6. The molecule has 6 nitrogen and oxygen atoms in total. The average molecular weight is 299 g/mol. The first kappa shape index (κ1) is 17.6. The van der Waals surface area contributed by atoms with Crippen LogP contribution >= 0.6 is 0 Å². The normalized spacial score (nSPS) is 19.3. The predicted octanol–water partition coefficient (Wildman–Crippen LogP) is 2.34. The number of urea groups is 1. The van der Waals surface area contributed by atoms with E-state index in [-0.39, 0.29) is 12.1 Å². The number of likely N-dealkylation sites (tertiary alicyclic amines) is 1. The Balaban J connectivity index is 2.41. The Hall–Kier alpha value is -1.46. The van der Waals surface area contributed by atoms with Crippen molar-refractivity contribution in [2.24, 2.45) is 5.92 Å². The Kier molecular flexibility index (Phi) is 6.30. The molecule has 1 rings (SSSR count). The van der Waals surface area contributed by atoms with Crippen molar-refractivity contribution in [2.45, 2.75) is 59.1 Å². The van der Waals surface area contributed by atoms with E-state index in [1.807, 2.05) is 20.8 Å². The molecule has 2 N–H and O–H groups in total. The highest BCUT2D eigenvalue weighted by Crippen LogP contribution is 2.12. The number of alkyl carbamates (subject to hydrolysis) is 1. The van der Waals surface area contributed by atoms with E-state index in [9.17, 15) is 9.59 Å². The summed E-state index contributed by atoms with van der Waals surface area (Å²) in [5, 5.41) is 5.75. The Morgan fingerprint density at radius 1 is 1.33 bits per heavy atom. The van der Waals surface area contributed by atoms with Gasteiger partial charge in [0.25, 0.3) is 0 Å². The van der Waals surface area contributed by atoms with Crippen LogP contribution in [0.15, 0.2) is 0 Å². The summed E-state index contributed by atoms with van der Waals surface area (Å²) in [6.45, 7) is 11.5. The van der Waals surface area contributed by atoms with E-state index in [0.29, 0.717) is 19.0 Å². The van der Waals surface area contributed by atoms with E-state index in [2.05, 4.69) is 24.5 Å². The lowest BCUT2D eigenvalue weighted by molar-refractivity contribution is 0.0479. The molecule has 0 aromatic carbocycles. The van der Waals surface area contributed by atoms with E-state index in [0.717, 1.165) is 19.4 Å². The van der Waals surface area contributed by atoms with Gasteiger partial charge in [-0.25, -0.2) is 9.59 Å². The number of nitrogens with zero attached hydrogens (tertiary/aromatic N) is 1. The smallest absolute Gasteiger partial charge is 0.407 e. The highest BCUT2D eigenvalue weighted by atomic mass is 16.6. The van der Waals surface area contributed by atoms with Gasteiger partial charge in [0.2, 0.25) is 0 Å². The van der Waals surface area contributed by atoms with Crippen molar-refractivity contribution in [1.29, 1.82) is 0 Å². The molecule has 0 aromatic heterocycles. The minimum absolute atomic E-state index is 0.0431. The molecule has 1 aliphatic heterocycles. The molecular weight excluding hydrogens is 270 g/mol. The summed E-state index contributed by atoms with van der Waals surface area (Å²) in [6, 6.07) is -0.0993. The standard InChI is InChI=1S/C15H29N3O3/c1-11(2)9-16-13(19)18-8-6-7-12(10-18)17-14(20)21-15(3,4)5/h11-12H,6-10H2,1-5H3,(H,16,19)(H,17,20)/t12-/m0/s1. The van der Waals surface area contributed by atoms with Gasteiger partial charge < -0.3 is 20.3 Å². The van der Waals surface area contributed by atoms with E-state index >= 15 is 0 Å². The van der Waals surface area contributed by atoms with Crippen LogP contribution in [0.4, 0.5) is 9.59 Å². The van der Waals surface area contributed by atoms with Crippen LogP contribution in [0.3, 0.4) is 0 Å². The third-order valence-electron chi connectivity index (χ3n) is 3.09. The third-order valence-corrected chi connectivity index (χ3v) is 3.09. The Morgan fingerprint density at radius 2 is 2.00 bits per heavy atom. The van der Waals surface area contributed by atoms with Gasteiger partial charge in [0.1, 0.15) is 5.60 Å². The number of hydrogen-bond acceptors (Lipinski definition) is 3. The molecule has 1 heterocycles. The summed E-state index contributed by atoms with van der Waals surface area (Å²) in [6.07, 6.45) is 1.33. The van der Waals surface area contributed by atoms with Crippen molar-refractivity contribution in [3.63, 3.8) is 0 Å². The molecule has 0 bridgehead atoms. The SMILES string of the molecule is CC(C)CNC(=O)N1CCC[C@H](NC(=O)OC(C)(C)C)C1. The molecule has 0 saturated carbocycles. The average Bonchev–Trinajstić information content (AvgIpc) is 2.33. The number of carbonyl (C=O) groups excluding carboxylic acids is 2. The van der Waals surface area contributed by atoms with Crippen LogP contribution in [0, 0.1) is 5.92 Å². The van der Waals surface area contributed by atoms with Crippen LogP contribution in [-0.4, -0.2) is 48.3 Å². The van der Waals surface area contributed by atoms with Crippen molar-refractivity contribution < 1.29 is 14.3 Å². The first-order valence-corrected chi connectivity index (χ1v) is 7.69. The molecular formula is C15H29N3O3. The van der Waals surface area contributed by atoms with Crippen LogP contribution in [0.2, 0.25) is 0 Å². The number of piperidine rings is 1. The molecule has 0 spiro atoms.